The topological polar surface area (TPSA) is 117 Å². The Morgan fingerprint density at radius 3 is 2.14 bits per heavy atom. The van der Waals surface area contributed by atoms with Gasteiger partial charge in [-0.25, -0.2) is 0 Å². The fourth-order valence-electron chi connectivity index (χ4n) is 2.38. The van der Waals surface area contributed by atoms with Crippen molar-refractivity contribution >= 4 is 17.8 Å². The maximum atomic E-state index is 9.03. The molecule has 0 aliphatic rings. The van der Waals surface area contributed by atoms with E-state index in [0.717, 1.165) is 17.0 Å². The summed E-state index contributed by atoms with van der Waals surface area (Å²) in [6.07, 6.45) is 1.74. The third-order valence-corrected chi connectivity index (χ3v) is 3.79. The highest BCUT2D eigenvalue weighted by Gasteiger charge is 2.07. The number of aromatic nitrogens is 4. The molecule has 0 fully saturated rings. The van der Waals surface area contributed by atoms with Crippen LogP contribution in [0.1, 0.15) is 11.3 Å². The van der Waals surface area contributed by atoms with Crippen molar-refractivity contribution in [1.82, 2.24) is 19.9 Å². The van der Waals surface area contributed by atoms with Crippen molar-refractivity contribution < 1.29 is 9.84 Å². The summed E-state index contributed by atoms with van der Waals surface area (Å²) in [5.74, 6) is 2.03. The zero-order chi connectivity index (χ0) is 19.6. The number of aliphatic hydroxyl groups is 1. The molecule has 0 atom stereocenters. The Morgan fingerprint density at radius 2 is 1.54 bits per heavy atom. The first kappa shape index (κ1) is 19.3. The summed E-state index contributed by atoms with van der Waals surface area (Å²) in [4.78, 5) is 17.3. The summed E-state index contributed by atoms with van der Waals surface area (Å²) < 4.78 is 5.17. The second-order valence-corrected chi connectivity index (χ2v) is 5.83. The standard InChI is InChI=1S/C19H23N7O2/c1-28-16-7-5-14(6-8-16)12-22-18-24-17(21-10-11-27)25-19(26-18)23-13-15-4-2-3-9-20-15/h2-9,27H,10-13H2,1H3,(H3,21,22,23,24,25,26). The largest absolute Gasteiger partial charge is 0.497 e. The van der Waals surface area contributed by atoms with E-state index in [0.29, 0.717) is 37.5 Å². The molecule has 28 heavy (non-hydrogen) atoms. The van der Waals surface area contributed by atoms with Crippen molar-refractivity contribution in [2.24, 2.45) is 0 Å². The van der Waals surface area contributed by atoms with E-state index in [1.807, 2.05) is 42.5 Å². The van der Waals surface area contributed by atoms with Gasteiger partial charge in [-0.3, -0.25) is 4.98 Å². The van der Waals surface area contributed by atoms with Crippen molar-refractivity contribution in [1.29, 1.82) is 0 Å². The van der Waals surface area contributed by atoms with Gasteiger partial charge in [-0.05, 0) is 29.8 Å². The van der Waals surface area contributed by atoms with Crippen LogP contribution in [0.5, 0.6) is 5.75 Å². The van der Waals surface area contributed by atoms with Gasteiger partial charge < -0.3 is 25.8 Å². The Kier molecular flexibility index (Phi) is 6.91. The number of nitrogens with zero attached hydrogens (tertiary/aromatic N) is 4. The summed E-state index contributed by atoms with van der Waals surface area (Å²) >= 11 is 0. The fraction of sp³-hybridized carbons (Fsp3) is 0.263. The van der Waals surface area contributed by atoms with E-state index in [1.54, 1.807) is 13.3 Å². The third-order valence-electron chi connectivity index (χ3n) is 3.79. The first-order valence-corrected chi connectivity index (χ1v) is 8.88. The first-order valence-electron chi connectivity index (χ1n) is 8.88. The van der Waals surface area contributed by atoms with Crippen molar-refractivity contribution in [3.8, 4) is 5.75 Å². The maximum Gasteiger partial charge on any atom is 0.229 e. The van der Waals surface area contributed by atoms with Crippen LogP contribution < -0.4 is 20.7 Å². The molecule has 0 saturated carbocycles. The number of rotatable bonds is 10. The van der Waals surface area contributed by atoms with E-state index in [4.69, 9.17) is 9.84 Å². The smallest absolute Gasteiger partial charge is 0.229 e. The predicted molar refractivity (Wildman–Crippen MR) is 107 cm³/mol. The van der Waals surface area contributed by atoms with Crippen LogP contribution in [-0.2, 0) is 13.1 Å². The number of ether oxygens (including phenoxy) is 1. The van der Waals surface area contributed by atoms with E-state index in [2.05, 4.69) is 35.9 Å². The third kappa shape index (κ3) is 5.78. The Balaban J connectivity index is 1.68. The summed E-state index contributed by atoms with van der Waals surface area (Å²) in [5.41, 5.74) is 1.94. The van der Waals surface area contributed by atoms with Gasteiger partial charge in [0.1, 0.15) is 5.75 Å². The molecule has 9 nitrogen and oxygen atoms in total. The van der Waals surface area contributed by atoms with E-state index in [9.17, 15) is 0 Å². The minimum absolute atomic E-state index is 0.0169. The molecular formula is C19H23N7O2. The second-order valence-electron chi connectivity index (χ2n) is 5.83. The molecule has 0 amide bonds. The number of pyridine rings is 1. The zero-order valence-electron chi connectivity index (χ0n) is 15.6. The van der Waals surface area contributed by atoms with Gasteiger partial charge in [0.25, 0.3) is 0 Å². The number of hydrogen-bond acceptors (Lipinski definition) is 9. The highest BCUT2D eigenvalue weighted by Crippen LogP contribution is 2.14. The number of nitrogens with one attached hydrogen (secondary N) is 3. The van der Waals surface area contributed by atoms with Gasteiger partial charge in [-0.1, -0.05) is 18.2 Å². The maximum absolute atomic E-state index is 9.03. The first-order chi connectivity index (χ1) is 13.8. The summed E-state index contributed by atoms with van der Waals surface area (Å²) in [5, 5.41) is 18.3. The molecule has 0 aliphatic heterocycles. The van der Waals surface area contributed by atoms with Crippen LogP contribution in [0.15, 0.2) is 48.7 Å². The molecule has 2 aromatic heterocycles. The normalized spacial score (nSPS) is 10.4. The van der Waals surface area contributed by atoms with Gasteiger partial charge in [0.15, 0.2) is 0 Å². The van der Waals surface area contributed by atoms with Crippen LogP contribution in [0.25, 0.3) is 0 Å². The zero-order valence-corrected chi connectivity index (χ0v) is 15.6. The molecule has 1 aromatic carbocycles. The van der Waals surface area contributed by atoms with Crippen LogP contribution in [-0.4, -0.2) is 45.3 Å². The van der Waals surface area contributed by atoms with Crippen LogP contribution >= 0.6 is 0 Å². The van der Waals surface area contributed by atoms with E-state index in [-0.39, 0.29) is 6.61 Å². The molecule has 0 aliphatic carbocycles. The van der Waals surface area contributed by atoms with Gasteiger partial charge in [0.05, 0.1) is 26.0 Å². The van der Waals surface area contributed by atoms with Crippen LogP contribution in [0, 0.1) is 0 Å². The van der Waals surface area contributed by atoms with Gasteiger partial charge in [-0.2, -0.15) is 15.0 Å². The van der Waals surface area contributed by atoms with Gasteiger partial charge in [0, 0.05) is 19.3 Å². The summed E-state index contributed by atoms with van der Waals surface area (Å²) in [6.45, 7) is 1.37. The molecule has 3 rings (SSSR count). The average molecular weight is 381 g/mol. The Hall–Kier alpha value is -3.46. The minimum Gasteiger partial charge on any atom is -0.497 e. The molecule has 0 bridgehead atoms. The fourth-order valence-corrected chi connectivity index (χ4v) is 2.38. The molecule has 0 saturated heterocycles. The molecule has 9 heteroatoms. The molecule has 0 unspecified atom stereocenters. The number of anilines is 3. The summed E-state index contributed by atoms with van der Waals surface area (Å²) in [7, 11) is 1.64. The molecule has 3 aromatic rings. The minimum atomic E-state index is -0.0169. The Morgan fingerprint density at radius 1 is 0.857 bits per heavy atom. The molecule has 4 N–H and O–H groups in total. The lowest BCUT2D eigenvalue weighted by molar-refractivity contribution is 0.311. The Labute approximate surface area is 163 Å². The van der Waals surface area contributed by atoms with Crippen LogP contribution in [0.2, 0.25) is 0 Å². The van der Waals surface area contributed by atoms with E-state index in [1.165, 1.54) is 0 Å². The van der Waals surface area contributed by atoms with Crippen molar-refractivity contribution in [2.45, 2.75) is 13.1 Å². The lowest BCUT2D eigenvalue weighted by atomic mass is 10.2. The lowest BCUT2D eigenvalue weighted by Gasteiger charge is -2.11. The van der Waals surface area contributed by atoms with E-state index < -0.39 is 0 Å². The second kappa shape index (κ2) is 10.0. The monoisotopic (exact) mass is 381 g/mol. The highest BCUT2D eigenvalue weighted by atomic mass is 16.5. The van der Waals surface area contributed by atoms with Crippen molar-refractivity contribution in [2.75, 3.05) is 36.2 Å². The SMILES string of the molecule is COc1ccc(CNc2nc(NCCO)nc(NCc3ccccn3)n2)cc1. The quantitative estimate of drug-likeness (QED) is 0.418. The van der Waals surface area contributed by atoms with E-state index >= 15 is 0 Å². The summed E-state index contributed by atoms with van der Waals surface area (Å²) in [6, 6.07) is 13.5. The van der Waals surface area contributed by atoms with Gasteiger partial charge >= 0.3 is 0 Å². The average Bonchev–Trinajstić information content (AvgIpc) is 2.76. The van der Waals surface area contributed by atoms with Crippen LogP contribution in [0.3, 0.4) is 0 Å². The number of hydrogen-bond donors (Lipinski definition) is 4. The number of aliphatic hydroxyl groups excluding tert-OH is 1. The molecule has 146 valence electrons. The molecule has 2 heterocycles. The van der Waals surface area contributed by atoms with Crippen LogP contribution in [0.4, 0.5) is 17.8 Å². The van der Waals surface area contributed by atoms with Gasteiger partial charge in [0.2, 0.25) is 17.8 Å². The molecule has 0 spiro atoms. The number of methoxy groups -OCH3 is 1. The molecular weight excluding hydrogens is 358 g/mol. The highest BCUT2D eigenvalue weighted by molar-refractivity contribution is 5.43. The Bertz CT molecular complexity index is 860. The number of benzene rings is 1. The lowest BCUT2D eigenvalue weighted by Crippen LogP contribution is -2.14. The van der Waals surface area contributed by atoms with Crippen molar-refractivity contribution in [3.63, 3.8) is 0 Å². The van der Waals surface area contributed by atoms with Gasteiger partial charge in [-0.15, -0.1) is 0 Å². The van der Waals surface area contributed by atoms with Crippen molar-refractivity contribution in [3.05, 3.63) is 59.9 Å². The molecule has 0 radical (unpaired) electrons. The predicted octanol–water partition coefficient (Wildman–Crippen LogP) is 1.90.